The van der Waals surface area contributed by atoms with Crippen LogP contribution < -0.4 is 10.2 Å². The summed E-state index contributed by atoms with van der Waals surface area (Å²) in [6, 6.07) is 21.4. The van der Waals surface area contributed by atoms with Gasteiger partial charge in [0.15, 0.2) is 0 Å². The van der Waals surface area contributed by atoms with Gasteiger partial charge in [0.1, 0.15) is 5.37 Å². The van der Waals surface area contributed by atoms with Crippen molar-refractivity contribution in [3.63, 3.8) is 0 Å². The molecule has 0 spiro atoms. The Balaban J connectivity index is 1.48. The highest BCUT2D eigenvalue weighted by Crippen LogP contribution is 2.44. The number of hydrogen-bond donors (Lipinski definition) is 1. The Morgan fingerprint density at radius 1 is 0.929 bits per heavy atom. The molecule has 0 bridgehead atoms. The Labute approximate surface area is 168 Å². The fraction of sp³-hybridized carbons (Fsp3) is 0.273. The molecule has 1 saturated heterocycles. The van der Waals surface area contributed by atoms with Gasteiger partial charge in [0.25, 0.3) is 0 Å². The number of rotatable bonds is 4. The van der Waals surface area contributed by atoms with Gasteiger partial charge in [-0.15, -0.1) is 5.10 Å². The van der Waals surface area contributed by atoms with Crippen molar-refractivity contribution in [1.29, 1.82) is 0 Å². The molecule has 2 unspecified atom stereocenters. The minimum absolute atomic E-state index is 0.208. The largest absolute Gasteiger partial charge is 0.403 e. The first kappa shape index (κ1) is 17.5. The smallest absolute Gasteiger partial charge is 0.323 e. The van der Waals surface area contributed by atoms with Crippen molar-refractivity contribution in [3.05, 3.63) is 72.4 Å². The number of piperidine rings is 1. The van der Waals surface area contributed by atoms with Gasteiger partial charge < -0.3 is 9.73 Å². The van der Waals surface area contributed by atoms with Crippen molar-refractivity contribution in [2.75, 3.05) is 11.4 Å². The summed E-state index contributed by atoms with van der Waals surface area (Å²) in [5.41, 5.74) is 2.16. The number of thioether (sulfide) groups is 1. The molecule has 0 aliphatic carbocycles. The van der Waals surface area contributed by atoms with Gasteiger partial charge in [-0.2, -0.15) is 0 Å². The van der Waals surface area contributed by atoms with E-state index in [4.69, 9.17) is 4.42 Å². The lowest BCUT2D eigenvalue weighted by atomic mass is 10.0. The standard InChI is InChI=1S/C22H22N4OS/c1-3-9-16(10-4-1)19-15-26(21(28-19)18-13-7-8-14-23-18)22-25-24-20(27-22)17-11-5-2-6-12-17/h1-6,9-12,15,18,21,23H,7-8,13-14H2. The third-order valence-corrected chi connectivity index (χ3v) is 6.58. The first-order valence-electron chi connectivity index (χ1n) is 9.73. The van der Waals surface area contributed by atoms with Gasteiger partial charge in [-0.3, -0.25) is 4.90 Å². The Bertz CT molecular complexity index is 951. The van der Waals surface area contributed by atoms with E-state index in [2.05, 4.69) is 50.9 Å². The minimum atomic E-state index is 0.208. The van der Waals surface area contributed by atoms with Crippen LogP contribution in [0.25, 0.3) is 16.4 Å². The van der Waals surface area contributed by atoms with Crippen molar-refractivity contribution in [2.45, 2.75) is 30.7 Å². The van der Waals surface area contributed by atoms with Crippen LogP contribution in [0.5, 0.6) is 0 Å². The van der Waals surface area contributed by atoms with E-state index in [1.807, 2.05) is 48.2 Å². The molecule has 5 nitrogen and oxygen atoms in total. The van der Waals surface area contributed by atoms with Gasteiger partial charge in [0.05, 0.1) is 0 Å². The van der Waals surface area contributed by atoms with E-state index in [1.54, 1.807) is 0 Å². The summed E-state index contributed by atoms with van der Waals surface area (Å²) < 4.78 is 6.08. The number of nitrogens with one attached hydrogen (secondary N) is 1. The van der Waals surface area contributed by atoms with Gasteiger partial charge in [-0.25, -0.2) is 0 Å². The van der Waals surface area contributed by atoms with Gasteiger partial charge in [0, 0.05) is 22.7 Å². The lowest BCUT2D eigenvalue weighted by Crippen LogP contribution is -2.47. The fourth-order valence-electron chi connectivity index (χ4n) is 3.74. The molecule has 3 heterocycles. The van der Waals surface area contributed by atoms with Crippen molar-refractivity contribution < 1.29 is 4.42 Å². The van der Waals surface area contributed by atoms with Gasteiger partial charge in [0.2, 0.25) is 5.89 Å². The van der Waals surface area contributed by atoms with E-state index < -0.39 is 0 Å². The molecule has 0 amide bonds. The average molecular weight is 391 g/mol. The van der Waals surface area contributed by atoms with Crippen LogP contribution in [0, 0.1) is 0 Å². The lowest BCUT2D eigenvalue weighted by molar-refractivity contribution is 0.387. The zero-order valence-corrected chi connectivity index (χ0v) is 16.3. The topological polar surface area (TPSA) is 54.2 Å². The summed E-state index contributed by atoms with van der Waals surface area (Å²) >= 11 is 1.88. The van der Waals surface area contributed by atoms with Crippen LogP contribution in [0.3, 0.4) is 0 Å². The van der Waals surface area contributed by atoms with Crippen LogP contribution in [0.15, 0.2) is 71.3 Å². The minimum Gasteiger partial charge on any atom is -0.403 e. The summed E-state index contributed by atoms with van der Waals surface area (Å²) in [7, 11) is 0. The van der Waals surface area contributed by atoms with Crippen LogP contribution in [-0.4, -0.2) is 28.2 Å². The monoisotopic (exact) mass is 390 g/mol. The SMILES string of the molecule is C1=C(c2ccccc2)SC(C2CCCCN2)N1c1nnc(-c2ccccc2)o1. The highest BCUT2D eigenvalue weighted by Gasteiger charge is 2.37. The second-order valence-corrected chi connectivity index (χ2v) is 8.25. The molecule has 2 aromatic carbocycles. The molecule has 0 saturated carbocycles. The Hall–Kier alpha value is -2.57. The summed E-state index contributed by atoms with van der Waals surface area (Å²) in [4.78, 5) is 3.38. The lowest BCUT2D eigenvalue weighted by Gasteiger charge is -2.32. The first-order valence-corrected chi connectivity index (χ1v) is 10.6. The average Bonchev–Trinajstić information content (AvgIpc) is 3.43. The van der Waals surface area contributed by atoms with Crippen LogP contribution in [0.4, 0.5) is 6.01 Å². The third-order valence-electron chi connectivity index (χ3n) is 5.19. The van der Waals surface area contributed by atoms with E-state index in [1.165, 1.54) is 23.3 Å². The molecule has 3 aromatic rings. The van der Waals surface area contributed by atoms with Crippen LogP contribution in [0.2, 0.25) is 0 Å². The summed E-state index contributed by atoms with van der Waals surface area (Å²) in [6.45, 7) is 1.06. The normalized spacial score (nSPS) is 22.3. The van der Waals surface area contributed by atoms with Crippen LogP contribution >= 0.6 is 11.8 Å². The molecule has 6 heteroatoms. The molecule has 142 valence electrons. The first-order chi connectivity index (χ1) is 13.9. The van der Waals surface area contributed by atoms with E-state index in [0.29, 0.717) is 17.9 Å². The molecular formula is C22H22N4OS. The van der Waals surface area contributed by atoms with Gasteiger partial charge >= 0.3 is 6.01 Å². The fourth-order valence-corrected chi connectivity index (χ4v) is 5.11. The third kappa shape index (κ3) is 3.45. The number of nitrogens with zero attached hydrogens (tertiary/aromatic N) is 3. The predicted molar refractivity (Wildman–Crippen MR) is 114 cm³/mol. The highest BCUT2D eigenvalue weighted by atomic mass is 32.2. The molecule has 2 aliphatic rings. The maximum Gasteiger partial charge on any atom is 0.323 e. The molecule has 1 aromatic heterocycles. The maximum absolute atomic E-state index is 6.08. The van der Waals surface area contributed by atoms with Gasteiger partial charge in [-0.1, -0.05) is 71.8 Å². The van der Waals surface area contributed by atoms with Crippen molar-refractivity contribution in [3.8, 4) is 11.5 Å². The molecule has 2 aliphatic heterocycles. The number of benzene rings is 2. The van der Waals surface area contributed by atoms with Crippen molar-refractivity contribution in [2.24, 2.45) is 0 Å². The molecular weight excluding hydrogens is 368 g/mol. The Kier molecular flexibility index (Phi) is 4.89. The summed E-state index contributed by atoms with van der Waals surface area (Å²) in [5, 5.41) is 12.6. The number of hydrogen-bond acceptors (Lipinski definition) is 6. The molecule has 1 fully saturated rings. The molecule has 2 atom stereocenters. The molecule has 28 heavy (non-hydrogen) atoms. The molecule has 1 N–H and O–H groups in total. The zero-order chi connectivity index (χ0) is 18.8. The second-order valence-electron chi connectivity index (χ2n) is 7.09. The predicted octanol–water partition coefficient (Wildman–Crippen LogP) is 4.76. The Morgan fingerprint density at radius 3 is 2.39 bits per heavy atom. The quantitative estimate of drug-likeness (QED) is 0.693. The molecule has 5 rings (SSSR count). The van der Waals surface area contributed by atoms with Crippen molar-refractivity contribution in [1.82, 2.24) is 15.5 Å². The van der Waals surface area contributed by atoms with E-state index in [0.717, 1.165) is 18.5 Å². The van der Waals surface area contributed by atoms with E-state index in [9.17, 15) is 0 Å². The number of aromatic nitrogens is 2. The second kappa shape index (κ2) is 7.81. The number of anilines is 1. The zero-order valence-electron chi connectivity index (χ0n) is 15.5. The van der Waals surface area contributed by atoms with E-state index in [-0.39, 0.29) is 5.37 Å². The summed E-state index contributed by atoms with van der Waals surface area (Å²) in [5.74, 6) is 0.553. The highest BCUT2D eigenvalue weighted by molar-refractivity contribution is 8.09. The summed E-state index contributed by atoms with van der Waals surface area (Å²) in [6.07, 6.45) is 5.81. The van der Waals surface area contributed by atoms with Crippen LogP contribution in [0.1, 0.15) is 24.8 Å². The van der Waals surface area contributed by atoms with E-state index >= 15 is 0 Å². The van der Waals surface area contributed by atoms with Crippen LogP contribution in [-0.2, 0) is 0 Å². The van der Waals surface area contributed by atoms with Gasteiger partial charge in [-0.05, 0) is 37.1 Å². The maximum atomic E-state index is 6.08. The molecule has 0 radical (unpaired) electrons. The Morgan fingerprint density at radius 2 is 1.68 bits per heavy atom. The van der Waals surface area contributed by atoms with Crippen molar-refractivity contribution >= 4 is 22.7 Å².